The van der Waals surface area contributed by atoms with Crippen molar-refractivity contribution >= 4 is 41.2 Å². The lowest BCUT2D eigenvalue weighted by atomic mass is 9.82. The van der Waals surface area contributed by atoms with Crippen molar-refractivity contribution in [2.24, 2.45) is 11.3 Å². The number of fused-ring (bicyclic) bond motifs is 2. The molecule has 6 rings (SSSR count). The van der Waals surface area contributed by atoms with Crippen molar-refractivity contribution in [2.45, 2.75) is 147 Å². The van der Waals surface area contributed by atoms with Gasteiger partial charge in [0.15, 0.2) is 0 Å². The predicted octanol–water partition coefficient (Wildman–Crippen LogP) is 0.710. The zero-order chi connectivity index (χ0) is 38.8. The van der Waals surface area contributed by atoms with Gasteiger partial charge in [-0.1, -0.05) is 53.4 Å². The fraction of sp³-hybridized carbons (Fsp3) is 0.711. The van der Waals surface area contributed by atoms with Crippen molar-refractivity contribution in [3.05, 3.63) is 24.3 Å². The summed E-state index contributed by atoms with van der Waals surface area (Å²) in [4.78, 5) is 108. The Bertz CT molecular complexity index is 1620. The minimum Gasteiger partial charge on any atom is -0.347 e. The average molecular weight is 750 g/mol. The summed E-state index contributed by atoms with van der Waals surface area (Å²) in [6.07, 6.45) is 12.3. The molecule has 6 atom stereocenters. The molecule has 1 spiro atoms. The van der Waals surface area contributed by atoms with Crippen LogP contribution in [0.4, 0.5) is 0 Å². The Hall–Kier alpha value is -4.47. The van der Waals surface area contributed by atoms with Crippen LogP contribution >= 0.6 is 0 Å². The van der Waals surface area contributed by atoms with E-state index < -0.39 is 70.6 Å². The highest BCUT2D eigenvalue weighted by molar-refractivity contribution is 6.38. The molecule has 2 saturated carbocycles. The summed E-state index contributed by atoms with van der Waals surface area (Å²) in [6, 6.07) is -4.73. The van der Waals surface area contributed by atoms with Crippen LogP contribution in [0.5, 0.6) is 0 Å². The molecule has 1 aromatic heterocycles. The van der Waals surface area contributed by atoms with Crippen LogP contribution in [0.15, 0.2) is 18.6 Å². The Kier molecular flexibility index (Phi) is 11.7. The second kappa shape index (κ2) is 16.1. The quantitative estimate of drug-likeness (QED) is 0.178. The van der Waals surface area contributed by atoms with Crippen LogP contribution in [-0.2, 0) is 28.8 Å². The van der Waals surface area contributed by atoms with Crippen molar-refractivity contribution in [3.63, 3.8) is 0 Å². The maximum Gasteiger partial charge on any atom is 0.289 e. The van der Waals surface area contributed by atoms with Crippen LogP contribution in [0.25, 0.3) is 0 Å². The van der Waals surface area contributed by atoms with E-state index in [0.717, 1.165) is 51.4 Å². The van der Waals surface area contributed by atoms with Crippen LogP contribution in [0.3, 0.4) is 0 Å². The van der Waals surface area contributed by atoms with E-state index in [-0.39, 0.29) is 49.0 Å². The summed E-state index contributed by atoms with van der Waals surface area (Å²) in [5, 5.41) is 14.5. The second-order valence-electron chi connectivity index (χ2n) is 16.8. The maximum atomic E-state index is 14.9. The minimum atomic E-state index is -1.14. The third kappa shape index (κ3) is 8.42. The van der Waals surface area contributed by atoms with Gasteiger partial charge < -0.3 is 31.5 Å². The normalized spacial score (nSPS) is 26.0. The molecule has 4 heterocycles. The minimum absolute atomic E-state index is 0.0152. The lowest BCUT2D eigenvalue weighted by molar-refractivity contribution is -0.145. The van der Waals surface area contributed by atoms with Crippen LogP contribution in [0.2, 0.25) is 0 Å². The van der Waals surface area contributed by atoms with Gasteiger partial charge in [0.2, 0.25) is 29.4 Å². The topological polar surface area (TPSA) is 212 Å². The first-order valence-corrected chi connectivity index (χ1v) is 19.6. The predicted molar refractivity (Wildman–Crippen MR) is 195 cm³/mol. The van der Waals surface area contributed by atoms with Gasteiger partial charge in [0.05, 0.1) is 24.8 Å². The van der Waals surface area contributed by atoms with Crippen molar-refractivity contribution in [2.75, 3.05) is 13.1 Å². The monoisotopic (exact) mass is 749 g/mol. The molecule has 294 valence electrons. The van der Waals surface area contributed by atoms with Crippen LogP contribution in [0.1, 0.15) is 115 Å². The van der Waals surface area contributed by atoms with E-state index in [2.05, 4.69) is 36.6 Å². The number of nitrogens with zero attached hydrogens (tertiary/aromatic N) is 4. The number of carbonyl (C=O) groups excluding carboxylic acids is 7. The number of aromatic nitrogens is 2. The van der Waals surface area contributed by atoms with E-state index in [1.807, 2.05) is 32.6 Å². The molecule has 2 unspecified atom stereocenters. The van der Waals surface area contributed by atoms with Crippen molar-refractivity contribution < 1.29 is 33.6 Å². The lowest BCUT2D eigenvalue weighted by Crippen LogP contribution is -2.62. The number of hydrogen-bond donors (Lipinski definition) is 5. The van der Waals surface area contributed by atoms with Crippen LogP contribution in [-0.4, -0.2) is 116 Å². The SMILES string of the molecule is CCCC(NC(=O)[C@@H]1CC2(CN1C(=O)[C@@H](NC(=O)[C@@H](NC(=O)c1cnccn1)C1CCCCC1)C(C)(C)C)NC(=O)[C@@H]1CCCN12)C(=O)C(=O)NC1CC1. The lowest BCUT2D eigenvalue weighted by Gasteiger charge is -2.38. The Morgan fingerprint density at radius 1 is 0.963 bits per heavy atom. The van der Waals surface area contributed by atoms with Gasteiger partial charge in [-0.25, -0.2) is 4.98 Å². The molecule has 1 aromatic rings. The highest BCUT2D eigenvalue weighted by Crippen LogP contribution is 2.41. The van der Waals surface area contributed by atoms with Crippen LogP contribution < -0.4 is 26.6 Å². The summed E-state index contributed by atoms with van der Waals surface area (Å²) in [5.41, 5.74) is -1.81. The molecule has 0 radical (unpaired) electrons. The zero-order valence-corrected chi connectivity index (χ0v) is 31.8. The molecule has 6 amide bonds. The van der Waals surface area contributed by atoms with E-state index >= 15 is 0 Å². The maximum absolute atomic E-state index is 14.9. The highest BCUT2D eigenvalue weighted by Gasteiger charge is 2.61. The highest BCUT2D eigenvalue weighted by atomic mass is 16.2. The van der Waals surface area contributed by atoms with E-state index in [1.54, 1.807) is 0 Å². The third-order valence-electron chi connectivity index (χ3n) is 11.6. The number of hydrogen-bond acceptors (Lipinski definition) is 10. The summed E-state index contributed by atoms with van der Waals surface area (Å²) in [7, 11) is 0. The second-order valence-corrected chi connectivity index (χ2v) is 16.8. The summed E-state index contributed by atoms with van der Waals surface area (Å²) < 4.78 is 0. The average Bonchev–Trinajstić information content (AvgIpc) is 3.55. The van der Waals surface area contributed by atoms with E-state index in [4.69, 9.17) is 0 Å². The van der Waals surface area contributed by atoms with Gasteiger partial charge in [0, 0.05) is 31.4 Å². The molecule has 0 aromatic carbocycles. The Balaban J connectivity index is 1.27. The number of carbonyl (C=O) groups is 7. The number of Topliss-reactive ketones (excluding diaryl/α,β-unsaturated/α-hetero) is 1. The smallest absolute Gasteiger partial charge is 0.289 e. The van der Waals surface area contributed by atoms with Crippen LogP contribution in [0, 0.1) is 11.3 Å². The van der Waals surface area contributed by atoms with Gasteiger partial charge in [-0.15, -0.1) is 0 Å². The number of rotatable bonds is 13. The number of nitrogens with one attached hydrogen (secondary N) is 5. The van der Waals surface area contributed by atoms with Gasteiger partial charge in [-0.3, -0.25) is 43.4 Å². The molecule has 0 bridgehead atoms. The molecule has 54 heavy (non-hydrogen) atoms. The summed E-state index contributed by atoms with van der Waals surface area (Å²) in [5.74, 6) is -4.04. The van der Waals surface area contributed by atoms with Crippen molar-refractivity contribution in [1.82, 2.24) is 46.4 Å². The Morgan fingerprint density at radius 2 is 1.70 bits per heavy atom. The van der Waals surface area contributed by atoms with Gasteiger partial charge >= 0.3 is 0 Å². The molecule has 3 aliphatic heterocycles. The van der Waals surface area contributed by atoms with Crippen molar-refractivity contribution in [3.8, 4) is 0 Å². The third-order valence-corrected chi connectivity index (χ3v) is 11.6. The zero-order valence-electron chi connectivity index (χ0n) is 31.8. The number of ketones is 1. The van der Waals surface area contributed by atoms with Gasteiger partial charge in [0.1, 0.15) is 29.5 Å². The molecular weight excluding hydrogens is 694 g/mol. The molecule has 16 heteroatoms. The van der Waals surface area contributed by atoms with E-state index in [0.29, 0.717) is 19.4 Å². The van der Waals surface area contributed by atoms with Crippen molar-refractivity contribution in [1.29, 1.82) is 0 Å². The molecule has 16 nitrogen and oxygen atoms in total. The van der Waals surface area contributed by atoms with E-state index in [1.165, 1.54) is 23.5 Å². The van der Waals surface area contributed by atoms with Gasteiger partial charge in [-0.05, 0) is 56.3 Å². The fourth-order valence-corrected chi connectivity index (χ4v) is 8.60. The molecule has 5 N–H and O–H groups in total. The molecule has 5 aliphatic rings. The molecule has 3 saturated heterocycles. The largest absolute Gasteiger partial charge is 0.347 e. The number of amides is 6. The van der Waals surface area contributed by atoms with Gasteiger partial charge in [-0.2, -0.15) is 0 Å². The molecule has 5 fully saturated rings. The Labute approximate surface area is 316 Å². The van der Waals surface area contributed by atoms with E-state index in [9.17, 15) is 33.6 Å². The number of likely N-dealkylation sites (tertiary alicyclic amines) is 1. The summed E-state index contributed by atoms with van der Waals surface area (Å²) in [6.45, 7) is 7.87. The molecule has 2 aliphatic carbocycles. The first-order chi connectivity index (χ1) is 25.7. The fourth-order valence-electron chi connectivity index (χ4n) is 8.60. The molecular formula is C38H55N9O7. The Morgan fingerprint density at radius 3 is 2.35 bits per heavy atom. The summed E-state index contributed by atoms with van der Waals surface area (Å²) >= 11 is 0. The first-order valence-electron chi connectivity index (χ1n) is 19.6. The first kappa shape index (κ1) is 39.2. The van der Waals surface area contributed by atoms with Gasteiger partial charge in [0.25, 0.3) is 11.8 Å². The standard InChI is InChI=1S/C38H55N9O7/c1-5-10-24(29(48)35(53)41-23-14-15-23)42-32(50)27-19-38(45-33(51)26-13-9-18-47(26)38)21-46(27)36(54)30(37(2,3)4)44-34(52)28(22-11-7-6-8-12-22)43-31(49)25-20-39-16-17-40-25/h16-17,20,22-24,26-28,30H,5-15,18-19,21H2,1-4H3,(H,41,53)(H,42,50)(H,43,49)(H,44,52)(H,45,51)/t24?,26-,27-,28-,30+,38?/m0/s1.